The first-order valence-corrected chi connectivity index (χ1v) is 6.91. The van der Waals surface area contributed by atoms with Crippen molar-refractivity contribution < 1.29 is 4.92 Å². The van der Waals surface area contributed by atoms with E-state index in [9.17, 15) is 10.1 Å². The molecule has 0 saturated heterocycles. The summed E-state index contributed by atoms with van der Waals surface area (Å²) in [6, 6.07) is 6.39. The van der Waals surface area contributed by atoms with Crippen LogP contribution >= 0.6 is 11.8 Å². The number of thioether (sulfide) groups is 1. The lowest BCUT2D eigenvalue weighted by Crippen LogP contribution is -1.89. The third-order valence-corrected chi connectivity index (χ3v) is 3.55. The van der Waals surface area contributed by atoms with E-state index in [1.807, 2.05) is 6.26 Å². The van der Waals surface area contributed by atoms with Crippen molar-refractivity contribution in [3.8, 4) is 11.3 Å². The summed E-state index contributed by atoms with van der Waals surface area (Å²) in [4.78, 5) is 18.7. The highest BCUT2D eigenvalue weighted by Crippen LogP contribution is 2.32. The summed E-state index contributed by atoms with van der Waals surface area (Å²) in [6.45, 7) is 0. The fourth-order valence-corrected chi connectivity index (χ4v) is 2.52. The van der Waals surface area contributed by atoms with Gasteiger partial charge in [0.15, 0.2) is 5.65 Å². The molecule has 0 spiro atoms. The summed E-state index contributed by atoms with van der Waals surface area (Å²) in [5.74, 6) is 0. The van der Waals surface area contributed by atoms with Crippen molar-refractivity contribution in [2.45, 2.75) is 5.03 Å². The monoisotopic (exact) mass is 287 g/mol. The van der Waals surface area contributed by atoms with E-state index < -0.39 is 4.92 Å². The minimum absolute atomic E-state index is 0.0350. The Labute approximate surface area is 117 Å². The Balaban J connectivity index is 2.24. The molecule has 0 unspecified atom stereocenters. The van der Waals surface area contributed by atoms with E-state index in [1.165, 1.54) is 30.2 Å². The van der Waals surface area contributed by atoms with Crippen LogP contribution in [0.3, 0.4) is 0 Å². The maximum absolute atomic E-state index is 10.9. The number of H-pyrrole nitrogens is 1. The second kappa shape index (κ2) is 4.89. The number of nitrogens with one attached hydrogen (secondary N) is 1. The van der Waals surface area contributed by atoms with Crippen molar-refractivity contribution in [2.24, 2.45) is 0 Å². The molecule has 0 amide bonds. The summed E-state index contributed by atoms with van der Waals surface area (Å²) in [5.41, 5.74) is 1.96. The van der Waals surface area contributed by atoms with E-state index >= 15 is 0 Å². The van der Waals surface area contributed by atoms with E-state index in [1.54, 1.807) is 12.1 Å². The maximum Gasteiger partial charge on any atom is 0.270 e. The number of hydrogen-bond acceptors (Lipinski definition) is 6. The molecule has 8 heteroatoms. The molecule has 0 fully saturated rings. The van der Waals surface area contributed by atoms with Gasteiger partial charge in [0.05, 0.1) is 16.0 Å². The summed E-state index contributed by atoms with van der Waals surface area (Å²) in [6.07, 6.45) is 3.36. The number of nitrogens with zero attached hydrogens (tertiary/aromatic N) is 4. The number of hydrogen-bond donors (Lipinski definition) is 1. The second-order valence-corrected chi connectivity index (χ2v) is 4.78. The van der Waals surface area contributed by atoms with Gasteiger partial charge in [0.1, 0.15) is 11.4 Å². The van der Waals surface area contributed by atoms with Gasteiger partial charge in [0.25, 0.3) is 5.69 Å². The molecular formula is C12H9N5O2S. The first-order chi connectivity index (χ1) is 9.70. The molecule has 0 radical (unpaired) electrons. The molecule has 0 aliphatic heterocycles. The number of benzene rings is 1. The Morgan fingerprint density at radius 1 is 1.35 bits per heavy atom. The molecule has 2 aromatic heterocycles. The van der Waals surface area contributed by atoms with Crippen LogP contribution in [0, 0.1) is 10.1 Å². The van der Waals surface area contributed by atoms with Crippen molar-refractivity contribution in [3.05, 3.63) is 40.7 Å². The van der Waals surface area contributed by atoms with Gasteiger partial charge >= 0.3 is 0 Å². The number of nitro benzene ring substituents is 1. The van der Waals surface area contributed by atoms with E-state index in [0.29, 0.717) is 16.9 Å². The highest BCUT2D eigenvalue weighted by atomic mass is 32.2. The van der Waals surface area contributed by atoms with Crippen molar-refractivity contribution >= 4 is 28.5 Å². The Morgan fingerprint density at radius 2 is 2.20 bits per heavy atom. The maximum atomic E-state index is 10.9. The van der Waals surface area contributed by atoms with E-state index in [0.717, 1.165) is 10.4 Å². The number of rotatable bonds is 3. The molecule has 0 bridgehead atoms. The predicted molar refractivity (Wildman–Crippen MR) is 75.6 cm³/mol. The van der Waals surface area contributed by atoms with Crippen molar-refractivity contribution in [1.29, 1.82) is 0 Å². The van der Waals surface area contributed by atoms with Gasteiger partial charge in [0.2, 0.25) is 0 Å². The molecule has 3 rings (SSSR count). The van der Waals surface area contributed by atoms with Crippen LogP contribution in [0.15, 0.2) is 35.6 Å². The summed E-state index contributed by atoms with van der Waals surface area (Å²) in [5, 5.41) is 19.4. The molecule has 7 nitrogen and oxygen atoms in total. The molecular weight excluding hydrogens is 278 g/mol. The molecule has 20 heavy (non-hydrogen) atoms. The largest absolute Gasteiger partial charge is 0.275 e. The first-order valence-electron chi connectivity index (χ1n) is 5.68. The standard InChI is InChI=1S/C12H9N5O2S/c1-20-12-9-10(15-16-11(9)13-6-14-12)7-3-2-4-8(5-7)17(18)19/h2-6H,1H3,(H,13,14,15,16). The molecule has 3 aromatic rings. The van der Waals surface area contributed by atoms with Crippen LogP contribution in [0.1, 0.15) is 0 Å². The minimum atomic E-state index is -0.423. The van der Waals surface area contributed by atoms with E-state index in [-0.39, 0.29) is 5.69 Å². The molecule has 1 aromatic carbocycles. The zero-order valence-electron chi connectivity index (χ0n) is 10.4. The van der Waals surface area contributed by atoms with Gasteiger partial charge in [-0.1, -0.05) is 12.1 Å². The summed E-state index contributed by atoms with van der Waals surface area (Å²) in [7, 11) is 0. The Morgan fingerprint density at radius 3 is 2.95 bits per heavy atom. The van der Waals surface area contributed by atoms with Gasteiger partial charge in [0, 0.05) is 17.7 Å². The third-order valence-electron chi connectivity index (χ3n) is 2.86. The van der Waals surface area contributed by atoms with E-state index in [4.69, 9.17) is 0 Å². The molecule has 0 aliphatic carbocycles. The van der Waals surface area contributed by atoms with Crippen LogP contribution in [0.2, 0.25) is 0 Å². The fraction of sp³-hybridized carbons (Fsp3) is 0.0833. The average Bonchev–Trinajstić information content (AvgIpc) is 2.91. The Kier molecular flexibility index (Phi) is 3.07. The Bertz CT molecular complexity index is 801. The van der Waals surface area contributed by atoms with Gasteiger partial charge in [-0.15, -0.1) is 11.8 Å². The number of fused-ring (bicyclic) bond motifs is 1. The van der Waals surface area contributed by atoms with Crippen molar-refractivity contribution in [1.82, 2.24) is 20.2 Å². The van der Waals surface area contributed by atoms with Crippen LogP contribution in [0.25, 0.3) is 22.3 Å². The molecule has 0 atom stereocenters. The third kappa shape index (κ3) is 1.99. The molecule has 0 saturated carbocycles. The normalized spacial score (nSPS) is 10.8. The van der Waals surface area contributed by atoms with Crippen LogP contribution in [0.5, 0.6) is 0 Å². The smallest absolute Gasteiger partial charge is 0.270 e. The van der Waals surface area contributed by atoms with Gasteiger partial charge in [-0.25, -0.2) is 9.97 Å². The van der Waals surface area contributed by atoms with Crippen LogP contribution in [0.4, 0.5) is 5.69 Å². The van der Waals surface area contributed by atoms with Gasteiger partial charge in [-0.3, -0.25) is 15.2 Å². The molecule has 0 aliphatic rings. The Hall–Kier alpha value is -2.48. The zero-order chi connectivity index (χ0) is 14.1. The lowest BCUT2D eigenvalue weighted by atomic mass is 10.1. The van der Waals surface area contributed by atoms with Gasteiger partial charge in [-0.2, -0.15) is 5.10 Å². The lowest BCUT2D eigenvalue weighted by molar-refractivity contribution is -0.384. The molecule has 100 valence electrons. The lowest BCUT2D eigenvalue weighted by Gasteiger charge is -2.01. The van der Waals surface area contributed by atoms with Crippen LogP contribution < -0.4 is 0 Å². The fourth-order valence-electron chi connectivity index (χ4n) is 1.97. The molecule has 1 N–H and O–H groups in total. The van der Waals surface area contributed by atoms with Crippen molar-refractivity contribution in [3.63, 3.8) is 0 Å². The topological polar surface area (TPSA) is 97.6 Å². The highest BCUT2D eigenvalue weighted by Gasteiger charge is 2.15. The van der Waals surface area contributed by atoms with Gasteiger partial charge < -0.3 is 0 Å². The number of aromatic amines is 1. The predicted octanol–water partition coefficient (Wildman–Crippen LogP) is 2.65. The van der Waals surface area contributed by atoms with Crippen LogP contribution in [-0.4, -0.2) is 31.3 Å². The number of non-ortho nitro benzene ring substituents is 1. The highest BCUT2D eigenvalue weighted by molar-refractivity contribution is 7.98. The average molecular weight is 287 g/mol. The van der Waals surface area contributed by atoms with E-state index in [2.05, 4.69) is 20.2 Å². The zero-order valence-corrected chi connectivity index (χ0v) is 11.2. The SMILES string of the molecule is CSc1ncnc2n[nH]c(-c3cccc([N+](=O)[O-])c3)c12. The first kappa shape index (κ1) is 12.5. The van der Waals surface area contributed by atoms with Crippen LogP contribution in [-0.2, 0) is 0 Å². The van der Waals surface area contributed by atoms with Gasteiger partial charge in [-0.05, 0) is 6.26 Å². The number of nitro groups is 1. The second-order valence-electron chi connectivity index (χ2n) is 3.99. The van der Waals surface area contributed by atoms with Crippen molar-refractivity contribution in [2.75, 3.05) is 6.26 Å². The summed E-state index contributed by atoms with van der Waals surface area (Å²) >= 11 is 1.48. The number of aromatic nitrogens is 4. The minimum Gasteiger partial charge on any atom is -0.275 e. The quantitative estimate of drug-likeness (QED) is 0.344. The summed E-state index contributed by atoms with van der Waals surface area (Å²) < 4.78 is 0. The molecule has 2 heterocycles.